The number of benzene rings is 1. The number of hydrogen-bond acceptors (Lipinski definition) is 3. The minimum Gasteiger partial charge on any atom is -0.350 e. The third-order valence-electron chi connectivity index (χ3n) is 2.76. The van der Waals surface area contributed by atoms with E-state index in [2.05, 4.69) is 29.1 Å². The third kappa shape index (κ3) is 3.33. The van der Waals surface area contributed by atoms with Gasteiger partial charge in [0.15, 0.2) is 0 Å². The predicted octanol–water partition coefficient (Wildman–Crippen LogP) is 3.70. The minimum atomic E-state index is 0.216. The van der Waals surface area contributed by atoms with Crippen LogP contribution in [0.3, 0.4) is 0 Å². The van der Waals surface area contributed by atoms with Crippen LogP contribution >= 0.6 is 11.6 Å². The number of fused-ring (bicyclic) bond motifs is 1. The van der Waals surface area contributed by atoms with Gasteiger partial charge < -0.3 is 5.32 Å². The molecule has 0 aliphatic rings. The molecule has 2 rings (SSSR count). The largest absolute Gasteiger partial charge is 0.350 e. The van der Waals surface area contributed by atoms with Gasteiger partial charge in [0.05, 0.1) is 5.52 Å². The molecule has 1 heterocycles. The molecular formula is C14H18ClN3. The first kappa shape index (κ1) is 13.1. The minimum absolute atomic E-state index is 0.216. The molecule has 18 heavy (non-hydrogen) atoms. The molecule has 1 aromatic carbocycles. The maximum Gasteiger partial charge on any atom is 0.223 e. The Hall–Kier alpha value is -1.35. The number of alkyl halides is 1. The number of halogens is 1. The molecule has 1 aromatic heterocycles. The van der Waals surface area contributed by atoms with Crippen LogP contribution < -0.4 is 5.32 Å². The second kappa shape index (κ2) is 6.01. The summed E-state index contributed by atoms with van der Waals surface area (Å²) in [6.07, 6.45) is 2.85. The molecule has 0 spiro atoms. The Labute approximate surface area is 113 Å². The van der Waals surface area contributed by atoms with Crippen molar-refractivity contribution in [1.82, 2.24) is 9.97 Å². The van der Waals surface area contributed by atoms with E-state index in [1.165, 1.54) is 0 Å². The van der Waals surface area contributed by atoms with E-state index in [-0.39, 0.29) is 6.04 Å². The Morgan fingerprint density at radius 2 is 2.06 bits per heavy atom. The summed E-state index contributed by atoms with van der Waals surface area (Å²) in [5.74, 6) is 1.82. The molecule has 1 atom stereocenters. The summed E-state index contributed by atoms with van der Waals surface area (Å²) >= 11 is 5.96. The highest BCUT2D eigenvalue weighted by Gasteiger charge is 2.11. The van der Waals surface area contributed by atoms with Crippen LogP contribution in [-0.4, -0.2) is 21.9 Å². The first-order valence-corrected chi connectivity index (χ1v) is 6.76. The zero-order valence-electron chi connectivity index (χ0n) is 10.7. The van der Waals surface area contributed by atoms with Gasteiger partial charge >= 0.3 is 0 Å². The quantitative estimate of drug-likeness (QED) is 0.836. The molecule has 4 heteroatoms. The highest BCUT2D eigenvalue weighted by molar-refractivity contribution is 6.18. The number of nitrogens with zero attached hydrogens (tertiary/aromatic N) is 2. The molecule has 1 unspecified atom stereocenters. The van der Waals surface area contributed by atoms with Gasteiger partial charge in [0.25, 0.3) is 0 Å². The summed E-state index contributed by atoms with van der Waals surface area (Å²) in [5, 5.41) is 4.35. The van der Waals surface area contributed by atoms with Gasteiger partial charge in [0.2, 0.25) is 5.95 Å². The number of para-hydroxylation sites is 1. The van der Waals surface area contributed by atoms with Crippen LogP contribution in [0.2, 0.25) is 0 Å². The standard InChI is InChI=1S/C14H18ClN3/c1-10(2)7-12(8-15)17-14-16-9-11-5-3-4-6-13(11)18-14/h3-6,9-10,12H,7-8H2,1-2H3,(H,16,17,18). The van der Waals surface area contributed by atoms with Crippen molar-refractivity contribution in [2.75, 3.05) is 11.2 Å². The van der Waals surface area contributed by atoms with Gasteiger partial charge in [-0.25, -0.2) is 9.97 Å². The average molecular weight is 264 g/mol. The molecule has 0 bridgehead atoms. The Bertz CT molecular complexity index is 513. The van der Waals surface area contributed by atoms with Gasteiger partial charge in [-0.15, -0.1) is 11.6 Å². The number of nitrogens with one attached hydrogen (secondary N) is 1. The third-order valence-corrected chi connectivity index (χ3v) is 3.14. The molecule has 0 saturated heterocycles. The van der Waals surface area contributed by atoms with E-state index >= 15 is 0 Å². The maximum atomic E-state index is 5.96. The van der Waals surface area contributed by atoms with Crippen LogP contribution in [0.15, 0.2) is 30.5 Å². The zero-order chi connectivity index (χ0) is 13.0. The number of anilines is 1. The molecular weight excluding hydrogens is 246 g/mol. The molecule has 0 aliphatic carbocycles. The lowest BCUT2D eigenvalue weighted by Crippen LogP contribution is -2.24. The smallest absolute Gasteiger partial charge is 0.223 e. The molecule has 2 aromatic rings. The van der Waals surface area contributed by atoms with E-state index in [0.717, 1.165) is 17.3 Å². The summed E-state index contributed by atoms with van der Waals surface area (Å²) in [4.78, 5) is 8.81. The molecule has 1 N–H and O–H groups in total. The maximum absolute atomic E-state index is 5.96. The first-order chi connectivity index (χ1) is 8.69. The SMILES string of the molecule is CC(C)CC(CCl)Nc1ncc2ccccc2n1. The summed E-state index contributed by atoms with van der Waals surface area (Å²) in [7, 11) is 0. The number of aromatic nitrogens is 2. The Morgan fingerprint density at radius 1 is 1.28 bits per heavy atom. The highest BCUT2D eigenvalue weighted by Crippen LogP contribution is 2.14. The fourth-order valence-electron chi connectivity index (χ4n) is 1.95. The van der Waals surface area contributed by atoms with Crippen molar-refractivity contribution < 1.29 is 0 Å². The molecule has 96 valence electrons. The molecule has 3 nitrogen and oxygen atoms in total. The molecule has 0 radical (unpaired) electrons. The lowest BCUT2D eigenvalue weighted by atomic mass is 10.1. The number of hydrogen-bond donors (Lipinski definition) is 1. The average Bonchev–Trinajstić information content (AvgIpc) is 2.37. The van der Waals surface area contributed by atoms with Crippen molar-refractivity contribution in [2.24, 2.45) is 5.92 Å². The van der Waals surface area contributed by atoms with Crippen LogP contribution in [0.5, 0.6) is 0 Å². The fraction of sp³-hybridized carbons (Fsp3) is 0.429. The highest BCUT2D eigenvalue weighted by atomic mass is 35.5. The van der Waals surface area contributed by atoms with Crippen LogP contribution in [0.25, 0.3) is 10.9 Å². The van der Waals surface area contributed by atoms with E-state index in [9.17, 15) is 0 Å². The molecule has 0 amide bonds. The summed E-state index contributed by atoms with van der Waals surface area (Å²) in [6, 6.07) is 8.17. The van der Waals surface area contributed by atoms with Crippen LogP contribution in [0, 0.1) is 5.92 Å². The van der Waals surface area contributed by atoms with Crippen molar-refractivity contribution in [3.8, 4) is 0 Å². The van der Waals surface area contributed by atoms with Crippen LogP contribution in [-0.2, 0) is 0 Å². The topological polar surface area (TPSA) is 37.8 Å². The fourth-order valence-corrected chi connectivity index (χ4v) is 2.16. The lowest BCUT2D eigenvalue weighted by Gasteiger charge is -2.17. The summed E-state index contributed by atoms with van der Waals surface area (Å²) < 4.78 is 0. The summed E-state index contributed by atoms with van der Waals surface area (Å²) in [6.45, 7) is 4.37. The molecule has 0 fully saturated rings. The second-order valence-electron chi connectivity index (χ2n) is 4.88. The van der Waals surface area contributed by atoms with Gasteiger partial charge in [0, 0.05) is 23.5 Å². The van der Waals surface area contributed by atoms with Crippen LogP contribution in [0.4, 0.5) is 5.95 Å². The zero-order valence-corrected chi connectivity index (χ0v) is 11.5. The Balaban J connectivity index is 2.15. The Kier molecular flexibility index (Phi) is 4.37. The monoisotopic (exact) mass is 263 g/mol. The van der Waals surface area contributed by atoms with E-state index < -0.39 is 0 Å². The van der Waals surface area contributed by atoms with Crippen molar-refractivity contribution >= 4 is 28.5 Å². The summed E-state index contributed by atoms with van der Waals surface area (Å²) in [5.41, 5.74) is 0.952. The number of rotatable bonds is 5. The van der Waals surface area contributed by atoms with E-state index in [0.29, 0.717) is 17.7 Å². The van der Waals surface area contributed by atoms with E-state index in [1.807, 2.05) is 30.5 Å². The van der Waals surface area contributed by atoms with E-state index in [1.54, 1.807) is 0 Å². The second-order valence-corrected chi connectivity index (χ2v) is 5.19. The van der Waals surface area contributed by atoms with Crippen LogP contribution in [0.1, 0.15) is 20.3 Å². The van der Waals surface area contributed by atoms with Crippen molar-refractivity contribution in [1.29, 1.82) is 0 Å². The van der Waals surface area contributed by atoms with Gasteiger partial charge in [0.1, 0.15) is 0 Å². The molecule has 0 saturated carbocycles. The van der Waals surface area contributed by atoms with E-state index in [4.69, 9.17) is 11.6 Å². The van der Waals surface area contributed by atoms with Crippen molar-refractivity contribution in [3.63, 3.8) is 0 Å². The molecule has 0 aliphatic heterocycles. The van der Waals surface area contributed by atoms with Gasteiger partial charge in [-0.05, 0) is 18.4 Å². The first-order valence-electron chi connectivity index (χ1n) is 6.23. The normalized spacial score (nSPS) is 12.9. The predicted molar refractivity (Wildman–Crippen MR) is 77.1 cm³/mol. The van der Waals surface area contributed by atoms with Crippen molar-refractivity contribution in [3.05, 3.63) is 30.5 Å². The van der Waals surface area contributed by atoms with Gasteiger partial charge in [-0.2, -0.15) is 0 Å². The Morgan fingerprint density at radius 3 is 2.78 bits per heavy atom. The van der Waals surface area contributed by atoms with Gasteiger partial charge in [-0.1, -0.05) is 32.0 Å². The lowest BCUT2D eigenvalue weighted by molar-refractivity contribution is 0.540. The van der Waals surface area contributed by atoms with Gasteiger partial charge in [-0.3, -0.25) is 0 Å². The van der Waals surface area contributed by atoms with Crippen molar-refractivity contribution in [2.45, 2.75) is 26.3 Å².